The van der Waals surface area contributed by atoms with E-state index in [1.54, 1.807) is 11.3 Å². The van der Waals surface area contributed by atoms with Crippen LogP contribution < -0.4 is 9.47 Å². The lowest BCUT2D eigenvalue weighted by Crippen LogP contribution is -2.31. The molecular weight excluding hydrogens is 310 g/mol. The Balaban J connectivity index is 1.54. The molecule has 1 aromatic heterocycles. The van der Waals surface area contributed by atoms with Crippen molar-refractivity contribution in [1.82, 2.24) is 4.90 Å². The summed E-state index contributed by atoms with van der Waals surface area (Å²) in [7, 11) is 0. The fraction of sp³-hybridized carbons (Fsp3) is 0.389. The minimum absolute atomic E-state index is 0.151. The molecule has 4 rings (SSSR count). The topological polar surface area (TPSA) is 38.8 Å². The van der Waals surface area contributed by atoms with E-state index >= 15 is 0 Å². The number of benzene rings is 1. The fourth-order valence-electron chi connectivity index (χ4n) is 3.34. The molecule has 0 saturated carbocycles. The summed E-state index contributed by atoms with van der Waals surface area (Å²) in [5.41, 5.74) is 1.14. The van der Waals surface area contributed by atoms with Crippen molar-refractivity contribution in [3.63, 3.8) is 0 Å². The van der Waals surface area contributed by atoms with Crippen molar-refractivity contribution in [2.75, 3.05) is 19.8 Å². The second-order valence-electron chi connectivity index (χ2n) is 5.90. The van der Waals surface area contributed by atoms with Gasteiger partial charge in [-0.2, -0.15) is 0 Å². The molecule has 4 nitrogen and oxygen atoms in total. The summed E-state index contributed by atoms with van der Waals surface area (Å²) in [5.74, 6) is 1.81. The smallest absolute Gasteiger partial charge is 0.228 e. The van der Waals surface area contributed by atoms with Gasteiger partial charge in [-0.15, -0.1) is 11.3 Å². The molecule has 23 heavy (non-hydrogen) atoms. The fourth-order valence-corrected chi connectivity index (χ4v) is 4.04. The van der Waals surface area contributed by atoms with E-state index in [0.29, 0.717) is 19.6 Å². The molecule has 120 valence electrons. The number of rotatable bonds is 3. The van der Waals surface area contributed by atoms with Gasteiger partial charge >= 0.3 is 0 Å². The highest BCUT2D eigenvalue weighted by molar-refractivity contribution is 7.10. The summed E-state index contributed by atoms with van der Waals surface area (Å²) >= 11 is 1.64. The van der Waals surface area contributed by atoms with E-state index in [2.05, 4.69) is 6.07 Å². The van der Waals surface area contributed by atoms with Crippen LogP contribution in [0.5, 0.6) is 11.5 Å². The molecule has 0 unspecified atom stereocenters. The normalized spacial score (nSPS) is 19.8. The van der Waals surface area contributed by atoms with Crippen LogP contribution in [0.1, 0.15) is 29.3 Å². The summed E-state index contributed by atoms with van der Waals surface area (Å²) < 4.78 is 11.3. The number of carbonyl (C=O) groups excluding carboxylic acids is 1. The number of likely N-dealkylation sites (tertiary alicyclic amines) is 1. The number of fused-ring (bicyclic) bond motifs is 1. The molecule has 1 atom stereocenters. The third-order valence-electron chi connectivity index (χ3n) is 4.43. The third-order valence-corrected chi connectivity index (χ3v) is 5.31. The number of carbonyl (C=O) groups is 1. The van der Waals surface area contributed by atoms with Crippen LogP contribution >= 0.6 is 11.3 Å². The Bertz CT molecular complexity index is 698. The molecule has 1 aromatic carbocycles. The van der Waals surface area contributed by atoms with E-state index in [1.807, 2.05) is 34.5 Å². The lowest BCUT2D eigenvalue weighted by molar-refractivity contribution is -0.131. The first-order valence-electron chi connectivity index (χ1n) is 8.02. The molecule has 0 aliphatic carbocycles. The van der Waals surface area contributed by atoms with E-state index in [-0.39, 0.29) is 11.9 Å². The standard InChI is InChI=1S/C18H19NO3S/c20-18(12-14-3-2-10-23-14)19-7-1-4-15(19)13-5-6-16-17(11-13)22-9-8-21-16/h2-3,5-6,10-11,15H,1,4,7-9,12H2/t15-/m1/s1. The molecule has 0 bridgehead atoms. The molecule has 1 saturated heterocycles. The maximum atomic E-state index is 12.7. The molecule has 3 heterocycles. The van der Waals surface area contributed by atoms with E-state index < -0.39 is 0 Å². The Kier molecular flexibility index (Phi) is 3.95. The van der Waals surface area contributed by atoms with E-state index in [1.165, 1.54) is 0 Å². The molecule has 2 aromatic rings. The highest BCUT2D eigenvalue weighted by Crippen LogP contribution is 2.38. The summed E-state index contributed by atoms with van der Waals surface area (Å²) in [6, 6.07) is 10.2. The molecule has 1 fully saturated rings. The monoisotopic (exact) mass is 329 g/mol. The summed E-state index contributed by atoms with van der Waals surface area (Å²) in [4.78, 5) is 15.8. The van der Waals surface area contributed by atoms with Crippen LogP contribution in [0.4, 0.5) is 0 Å². The Morgan fingerprint density at radius 1 is 1.22 bits per heavy atom. The van der Waals surface area contributed by atoms with Crippen molar-refractivity contribution in [2.45, 2.75) is 25.3 Å². The van der Waals surface area contributed by atoms with Gasteiger partial charge in [0, 0.05) is 11.4 Å². The predicted molar refractivity (Wildman–Crippen MR) is 89.1 cm³/mol. The highest BCUT2D eigenvalue weighted by atomic mass is 32.1. The van der Waals surface area contributed by atoms with Gasteiger partial charge in [0.1, 0.15) is 13.2 Å². The average Bonchev–Trinajstić information content (AvgIpc) is 3.25. The van der Waals surface area contributed by atoms with Gasteiger partial charge in [0.15, 0.2) is 11.5 Å². The van der Waals surface area contributed by atoms with Crippen molar-refractivity contribution in [1.29, 1.82) is 0 Å². The first-order chi connectivity index (χ1) is 11.3. The molecule has 1 amide bonds. The highest BCUT2D eigenvalue weighted by Gasteiger charge is 2.30. The Morgan fingerprint density at radius 3 is 2.91 bits per heavy atom. The van der Waals surface area contributed by atoms with Gasteiger partial charge in [-0.1, -0.05) is 12.1 Å². The number of nitrogens with zero attached hydrogens (tertiary/aromatic N) is 1. The molecular formula is C18H19NO3S. The molecule has 2 aliphatic rings. The Morgan fingerprint density at radius 2 is 2.09 bits per heavy atom. The van der Waals surface area contributed by atoms with E-state index in [0.717, 1.165) is 41.3 Å². The molecule has 0 spiro atoms. The first-order valence-corrected chi connectivity index (χ1v) is 8.90. The Labute approximate surface area is 139 Å². The first kappa shape index (κ1) is 14.6. The quantitative estimate of drug-likeness (QED) is 0.866. The van der Waals surface area contributed by atoms with Crippen LogP contribution in [0.3, 0.4) is 0 Å². The maximum absolute atomic E-state index is 12.7. The zero-order chi connectivity index (χ0) is 15.6. The van der Waals surface area contributed by atoms with Gasteiger partial charge < -0.3 is 14.4 Å². The van der Waals surface area contributed by atoms with Crippen molar-refractivity contribution < 1.29 is 14.3 Å². The zero-order valence-electron chi connectivity index (χ0n) is 12.9. The SMILES string of the molecule is O=C(Cc1cccs1)N1CCC[C@@H]1c1ccc2c(c1)OCCO2. The van der Waals surface area contributed by atoms with Gasteiger partial charge in [0.25, 0.3) is 0 Å². The van der Waals surface area contributed by atoms with Crippen molar-refractivity contribution in [3.8, 4) is 11.5 Å². The van der Waals surface area contributed by atoms with E-state index in [4.69, 9.17) is 9.47 Å². The lowest BCUT2D eigenvalue weighted by Gasteiger charge is -2.26. The van der Waals surface area contributed by atoms with Crippen LogP contribution in [-0.2, 0) is 11.2 Å². The number of hydrogen-bond acceptors (Lipinski definition) is 4. The van der Waals surface area contributed by atoms with Gasteiger partial charge in [-0.25, -0.2) is 0 Å². The van der Waals surface area contributed by atoms with Crippen molar-refractivity contribution in [3.05, 3.63) is 46.2 Å². The van der Waals surface area contributed by atoms with Gasteiger partial charge in [-0.05, 0) is 42.0 Å². The van der Waals surface area contributed by atoms with Gasteiger partial charge in [0.2, 0.25) is 5.91 Å². The molecule has 2 aliphatic heterocycles. The average molecular weight is 329 g/mol. The maximum Gasteiger partial charge on any atom is 0.228 e. The van der Waals surface area contributed by atoms with E-state index in [9.17, 15) is 4.79 Å². The largest absolute Gasteiger partial charge is 0.486 e. The third kappa shape index (κ3) is 2.93. The second kappa shape index (κ2) is 6.24. The predicted octanol–water partition coefficient (Wildman–Crippen LogP) is 3.43. The van der Waals surface area contributed by atoms with Gasteiger partial charge in [-0.3, -0.25) is 4.79 Å². The minimum atomic E-state index is 0.151. The number of ether oxygens (including phenoxy) is 2. The lowest BCUT2D eigenvalue weighted by atomic mass is 10.0. The zero-order valence-corrected chi connectivity index (χ0v) is 13.7. The van der Waals surface area contributed by atoms with Crippen LogP contribution in [0.2, 0.25) is 0 Å². The second-order valence-corrected chi connectivity index (χ2v) is 6.94. The van der Waals surface area contributed by atoms with Crippen LogP contribution in [0, 0.1) is 0 Å². The number of amides is 1. The minimum Gasteiger partial charge on any atom is -0.486 e. The summed E-state index contributed by atoms with van der Waals surface area (Å²) in [6.07, 6.45) is 2.56. The number of thiophene rings is 1. The van der Waals surface area contributed by atoms with Gasteiger partial charge in [0.05, 0.1) is 12.5 Å². The van der Waals surface area contributed by atoms with Crippen LogP contribution in [0.15, 0.2) is 35.7 Å². The summed E-state index contributed by atoms with van der Waals surface area (Å²) in [6.45, 7) is 2.02. The van der Waals surface area contributed by atoms with Crippen LogP contribution in [0.25, 0.3) is 0 Å². The van der Waals surface area contributed by atoms with Crippen LogP contribution in [-0.4, -0.2) is 30.6 Å². The summed E-state index contributed by atoms with van der Waals surface area (Å²) in [5, 5.41) is 2.02. The number of hydrogen-bond donors (Lipinski definition) is 0. The molecule has 0 radical (unpaired) electrons. The Hall–Kier alpha value is -2.01. The molecule has 0 N–H and O–H groups in total. The van der Waals surface area contributed by atoms with Crippen molar-refractivity contribution >= 4 is 17.2 Å². The molecule has 5 heteroatoms. The van der Waals surface area contributed by atoms with Crippen molar-refractivity contribution in [2.24, 2.45) is 0 Å².